The van der Waals surface area contributed by atoms with E-state index < -0.39 is 0 Å². The molecule has 4 nitrogen and oxygen atoms in total. The summed E-state index contributed by atoms with van der Waals surface area (Å²) in [7, 11) is 4.05. The van der Waals surface area contributed by atoms with E-state index in [1.54, 1.807) is 0 Å². The highest BCUT2D eigenvalue weighted by Crippen LogP contribution is 2.20. The number of rotatable bonds is 6. The minimum Gasteiger partial charge on any atom is -0.378 e. The van der Waals surface area contributed by atoms with E-state index in [0.29, 0.717) is 18.7 Å². The first-order chi connectivity index (χ1) is 12.5. The number of amides is 1. The van der Waals surface area contributed by atoms with Crippen LogP contribution in [-0.4, -0.2) is 44.2 Å². The summed E-state index contributed by atoms with van der Waals surface area (Å²) in [5.74, 6) is 0.0460. The normalized spacial score (nSPS) is 16.5. The van der Waals surface area contributed by atoms with Gasteiger partial charge in [-0.05, 0) is 54.8 Å². The molecule has 1 fully saturated rings. The van der Waals surface area contributed by atoms with E-state index in [4.69, 9.17) is 4.74 Å². The zero-order valence-electron chi connectivity index (χ0n) is 15.3. The first kappa shape index (κ1) is 18.9. The van der Waals surface area contributed by atoms with Gasteiger partial charge in [-0.25, -0.2) is 0 Å². The Morgan fingerprint density at radius 1 is 1.12 bits per heavy atom. The smallest absolute Gasteiger partial charge is 0.254 e. The first-order valence-electron chi connectivity index (χ1n) is 8.95. The summed E-state index contributed by atoms with van der Waals surface area (Å²) in [5.41, 5.74) is 2.98. The van der Waals surface area contributed by atoms with E-state index >= 15 is 0 Å². The molecule has 1 heterocycles. The number of anilines is 1. The maximum Gasteiger partial charge on any atom is 0.254 e. The molecule has 138 valence electrons. The van der Waals surface area contributed by atoms with Crippen molar-refractivity contribution in [3.8, 4) is 0 Å². The fourth-order valence-corrected chi connectivity index (χ4v) is 3.41. The van der Waals surface area contributed by atoms with Gasteiger partial charge in [0, 0.05) is 49.5 Å². The number of hydrogen-bond acceptors (Lipinski definition) is 3. The Morgan fingerprint density at radius 2 is 1.81 bits per heavy atom. The van der Waals surface area contributed by atoms with Crippen LogP contribution in [0.5, 0.6) is 0 Å². The maximum atomic E-state index is 13.1. The molecule has 5 heteroatoms. The summed E-state index contributed by atoms with van der Waals surface area (Å²) in [6, 6.07) is 15.9. The Labute approximate surface area is 163 Å². The highest BCUT2D eigenvalue weighted by Gasteiger charge is 2.23. The minimum atomic E-state index is 0.0460. The van der Waals surface area contributed by atoms with Crippen LogP contribution >= 0.6 is 15.9 Å². The molecule has 0 spiro atoms. The highest BCUT2D eigenvalue weighted by molar-refractivity contribution is 9.10. The number of halogens is 1. The van der Waals surface area contributed by atoms with Crippen molar-refractivity contribution in [1.82, 2.24) is 4.90 Å². The summed E-state index contributed by atoms with van der Waals surface area (Å²) in [6.45, 7) is 2.01. The van der Waals surface area contributed by atoms with Gasteiger partial charge in [-0.2, -0.15) is 0 Å². The third kappa shape index (κ3) is 4.86. The van der Waals surface area contributed by atoms with Crippen LogP contribution in [0.2, 0.25) is 0 Å². The summed E-state index contributed by atoms with van der Waals surface area (Å²) in [5, 5.41) is 0. The van der Waals surface area contributed by atoms with E-state index in [0.717, 1.165) is 35.2 Å². The van der Waals surface area contributed by atoms with E-state index in [1.165, 1.54) is 0 Å². The Hall–Kier alpha value is -1.85. The fraction of sp³-hybridized carbons (Fsp3) is 0.381. The van der Waals surface area contributed by atoms with Crippen LogP contribution in [0, 0.1) is 0 Å². The summed E-state index contributed by atoms with van der Waals surface area (Å²) >= 11 is 3.43. The molecule has 0 aromatic heterocycles. The molecule has 0 aliphatic carbocycles. The molecule has 1 aliphatic heterocycles. The molecule has 1 amide bonds. The van der Waals surface area contributed by atoms with E-state index in [-0.39, 0.29) is 12.0 Å². The SMILES string of the molecule is CN(C)c1ccc(CN(C[C@@H]2CCCO2)C(=O)c2ccc(Br)cc2)cc1. The van der Waals surface area contributed by atoms with Crippen molar-refractivity contribution in [3.05, 3.63) is 64.1 Å². The van der Waals surface area contributed by atoms with Crippen LogP contribution in [0.1, 0.15) is 28.8 Å². The van der Waals surface area contributed by atoms with Crippen molar-refractivity contribution in [2.24, 2.45) is 0 Å². The second kappa shape index (κ2) is 8.69. The lowest BCUT2D eigenvalue weighted by molar-refractivity contribution is 0.0507. The molecule has 3 rings (SSSR count). The van der Waals surface area contributed by atoms with Gasteiger partial charge in [0.25, 0.3) is 5.91 Å². The molecule has 0 saturated carbocycles. The van der Waals surface area contributed by atoms with Crippen LogP contribution in [-0.2, 0) is 11.3 Å². The van der Waals surface area contributed by atoms with Crippen molar-refractivity contribution < 1.29 is 9.53 Å². The molecule has 0 bridgehead atoms. The van der Waals surface area contributed by atoms with Gasteiger partial charge in [0.15, 0.2) is 0 Å². The third-order valence-corrected chi connectivity index (χ3v) is 5.18. The molecule has 2 aromatic rings. The average molecular weight is 417 g/mol. The van der Waals surface area contributed by atoms with Gasteiger partial charge in [-0.15, -0.1) is 0 Å². The summed E-state index contributed by atoms with van der Waals surface area (Å²) in [6.07, 6.45) is 2.22. The Morgan fingerprint density at radius 3 is 2.38 bits per heavy atom. The van der Waals surface area contributed by atoms with Crippen LogP contribution in [0.25, 0.3) is 0 Å². The van der Waals surface area contributed by atoms with Gasteiger partial charge in [0.1, 0.15) is 0 Å². The first-order valence-corrected chi connectivity index (χ1v) is 9.75. The van der Waals surface area contributed by atoms with Gasteiger partial charge in [-0.1, -0.05) is 28.1 Å². The van der Waals surface area contributed by atoms with E-state index in [9.17, 15) is 4.79 Å². The monoisotopic (exact) mass is 416 g/mol. The van der Waals surface area contributed by atoms with Crippen LogP contribution < -0.4 is 4.90 Å². The van der Waals surface area contributed by atoms with Crippen LogP contribution in [0.4, 0.5) is 5.69 Å². The molecule has 1 aliphatic rings. The fourth-order valence-electron chi connectivity index (χ4n) is 3.15. The summed E-state index contributed by atoms with van der Waals surface area (Å²) in [4.78, 5) is 17.0. The Bertz CT molecular complexity index is 723. The molecule has 0 radical (unpaired) electrons. The van der Waals surface area contributed by atoms with Crippen LogP contribution in [0.15, 0.2) is 53.0 Å². The van der Waals surface area contributed by atoms with Crippen molar-refractivity contribution in [1.29, 1.82) is 0 Å². The van der Waals surface area contributed by atoms with Crippen LogP contribution in [0.3, 0.4) is 0 Å². The number of carbonyl (C=O) groups is 1. The molecule has 2 aromatic carbocycles. The molecule has 0 N–H and O–H groups in total. The second-order valence-electron chi connectivity index (χ2n) is 6.89. The van der Waals surface area contributed by atoms with E-state index in [1.807, 2.05) is 43.3 Å². The van der Waals surface area contributed by atoms with Gasteiger partial charge in [-0.3, -0.25) is 4.79 Å². The Balaban J connectivity index is 1.77. The summed E-state index contributed by atoms with van der Waals surface area (Å²) < 4.78 is 6.74. The standard InChI is InChI=1S/C21H25BrN2O2/c1-23(2)19-11-5-16(6-12-19)14-24(15-20-4-3-13-26-20)21(25)17-7-9-18(22)10-8-17/h5-12,20H,3-4,13-15H2,1-2H3/t20-/m0/s1. The van der Waals surface area contributed by atoms with Gasteiger partial charge < -0.3 is 14.5 Å². The highest BCUT2D eigenvalue weighted by atomic mass is 79.9. The van der Waals surface area contributed by atoms with Gasteiger partial charge in [0.2, 0.25) is 0 Å². The lowest BCUT2D eigenvalue weighted by Gasteiger charge is -2.26. The molecule has 26 heavy (non-hydrogen) atoms. The lowest BCUT2D eigenvalue weighted by Crippen LogP contribution is -2.37. The number of ether oxygens (including phenoxy) is 1. The topological polar surface area (TPSA) is 32.8 Å². The van der Waals surface area contributed by atoms with Crippen molar-refractivity contribution in [2.75, 3.05) is 32.1 Å². The molecule has 1 atom stereocenters. The third-order valence-electron chi connectivity index (χ3n) is 4.65. The van der Waals surface area contributed by atoms with E-state index in [2.05, 4.69) is 45.1 Å². The molecule has 0 unspecified atom stereocenters. The number of nitrogens with zero attached hydrogens (tertiary/aromatic N) is 2. The number of carbonyl (C=O) groups excluding carboxylic acids is 1. The minimum absolute atomic E-state index is 0.0460. The number of benzene rings is 2. The quantitative estimate of drug-likeness (QED) is 0.701. The predicted molar refractivity (Wildman–Crippen MR) is 109 cm³/mol. The van der Waals surface area contributed by atoms with Gasteiger partial charge in [0.05, 0.1) is 6.10 Å². The van der Waals surface area contributed by atoms with Gasteiger partial charge >= 0.3 is 0 Å². The number of hydrogen-bond donors (Lipinski definition) is 0. The second-order valence-corrected chi connectivity index (χ2v) is 7.80. The van der Waals surface area contributed by atoms with Crippen molar-refractivity contribution in [3.63, 3.8) is 0 Å². The molecular weight excluding hydrogens is 392 g/mol. The zero-order valence-corrected chi connectivity index (χ0v) is 16.9. The molecule has 1 saturated heterocycles. The maximum absolute atomic E-state index is 13.1. The largest absolute Gasteiger partial charge is 0.378 e. The average Bonchev–Trinajstić information content (AvgIpc) is 3.15. The van der Waals surface area contributed by atoms with Crippen molar-refractivity contribution >= 4 is 27.5 Å². The zero-order chi connectivity index (χ0) is 18.5. The predicted octanol–water partition coefficient (Wildman–Crippen LogP) is 4.34. The van der Waals surface area contributed by atoms with Crippen molar-refractivity contribution in [2.45, 2.75) is 25.5 Å². The lowest BCUT2D eigenvalue weighted by atomic mass is 10.1. The molecular formula is C21H25BrN2O2. The Kier molecular flexibility index (Phi) is 6.33.